The van der Waals surface area contributed by atoms with E-state index in [9.17, 15) is 9.59 Å². The maximum absolute atomic E-state index is 12.8. The van der Waals surface area contributed by atoms with Gasteiger partial charge in [0.05, 0.1) is 11.3 Å². The maximum Gasteiger partial charge on any atom is 0.259 e. The van der Waals surface area contributed by atoms with Crippen LogP contribution < -0.4 is 15.5 Å². The van der Waals surface area contributed by atoms with E-state index in [1.54, 1.807) is 18.2 Å². The molecular formula is C23H19N3O3. The van der Waals surface area contributed by atoms with Crippen LogP contribution in [0.3, 0.4) is 0 Å². The van der Waals surface area contributed by atoms with Crippen LogP contribution in [0.1, 0.15) is 28.8 Å². The highest BCUT2D eigenvalue weighted by atomic mass is 16.5. The Balaban J connectivity index is 1.48. The SMILES string of the molecule is O=C1CCC(c2ccc(NC(=O)c3ccccc3Oc3ccccc3)cc2)=NN1. The summed E-state index contributed by atoms with van der Waals surface area (Å²) in [4.78, 5) is 24.0. The molecule has 0 unspecified atom stereocenters. The quantitative estimate of drug-likeness (QED) is 0.685. The van der Waals surface area contributed by atoms with E-state index in [2.05, 4.69) is 15.8 Å². The van der Waals surface area contributed by atoms with E-state index in [0.717, 1.165) is 11.3 Å². The number of nitrogens with one attached hydrogen (secondary N) is 2. The van der Waals surface area contributed by atoms with Gasteiger partial charge in [0.2, 0.25) is 5.91 Å². The van der Waals surface area contributed by atoms with Crippen LogP contribution in [0, 0.1) is 0 Å². The van der Waals surface area contributed by atoms with Crippen molar-refractivity contribution in [3.05, 3.63) is 90.0 Å². The maximum atomic E-state index is 12.8. The average molecular weight is 385 g/mol. The number of carbonyl (C=O) groups excluding carboxylic acids is 2. The molecule has 1 aliphatic rings. The third-order valence-corrected chi connectivity index (χ3v) is 4.48. The van der Waals surface area contributed by atoms with Crippen molar-refractivity contribution in [1.82, 2.24) is 5.43 Å². The van der Waals surface area contributed by atoms with Crippen molar-refractivity contribution >= 4 is 23.2 Å². The number of ether oxygens (including phenoxy) is 1. The predicted molar refractivity (Wildman–Crippen MR) is 111 cm³/mol. The van der Waals surface area contributed by atoms with Crippen LogP contribution in [0.2, 0.25) is 0 Å². The molecular weight excluding hydrogens is 366 g/mol. The number of benzene rings is 3. The Hall–Kier alpha value is -3.93. The molecule has 2 N–H and O–H groups in total. The summed E-state index contributed by atoms with van der Waals surface area (Å²) in [6.45, 7) is 0. The van der Waals surface area contributed by atoms with Crippen molar-refractivity contribution in [2.75, 3.05) is 5.32 Å². The van der Waals surface area contributed by atoms with Gasteiger partial charge in [-0.05, 0) is 42.0 Å². The van der Waals surface area contributed by atoms with E-state index in [1.165, 1.54) is 0 Å². The molecule has 0 saturated heterocycles. The van der Waals surface area contributed by atoms with E-state index >= 15 is 0 Å². The smallest absolute Gasteiger partial charge is 0.259 e. The van der Waals surface area contributed by atoms with Gasteiger partial charge in [0.15, 0.2) is 0 Å². The molecule has 0 fully saturated rings. The molecule has 0 aliphatic carbocycles. The zero-order valence-electron chi connectivity index (χ0n) is 15.6. The van der Waals surface area contributed by atoms with E-state index in [0.29, 0.717) is 35.6 Å². The monoisotopic (exact) mass is 385 g/mol. The molecule has 0 bridgehead atoms. The second kappa shape index (κ2) is 8.39. The molecule has 2 amide bonds. The highest BCUT2D eigenvalue weighted by Gasteiger charge is 2.15. The van der Waals surface area contributed by atoms with E-state index in [-0.39, 0.29) is 11.8 Å². The molecule has 6 heteroatoms. The standard InChI is InChI=1S/C23H19N3O3/c27-22-15-14-20(25-26-22)16-10-12-17(13-11-16)24-23(28)19-8-4-5-9-21(19)29-18-6-2-1-3-7-18/h1-13H,14-15H2,(H,24,28)(H,26,27). The summed E-state index contributed by atoms with van der Waals surface area (Å²) in [6, 6.07) is 23.8. The number of para-hydroxylation sites is 2. The van der Waals surface area contributed by atoms with Crippen LogP contribution in [-0.4, -0.2) is 17.5 Å². The lowest BCUT2D eigenvalue weighted by Gasteiger charge is -2.13. The highest BCUT2D eigenvalue weighted by Crippen LogP contribution is 2.26. The van der Waals surface area contributed by atoms with E-state index in [1.807, 2.05) is 60.7 Å². The molecule has 0 aromatic heterocycles. The Morgan fingerprint density at radius 3 is 2.34 bits per heavy atom. The van der Waals surface area contributed by atoms with Crippen LogP contribution in [0.15, 0.2) is 84.0 Å². The Kier molecular flexibility index (Phi) is 5.33. The molecule has 6 nitrogen and oxygen atoms in total. The molecule has 1 heterocycles. The largest absolute Gasteiger partial charge is 0.457 e. The van der Waals surface area contributed by atoms with Gasteiger partial charge in [0.1, 0.15) is 11.5 Å². The van der Waals surface area contributed by atoms with E-state index in [4.69, 9.17) is 4.74 Å². The van der Waals surface area contributed by atoms with Gasteiger partial charge in [-0.1, -0.05) is 42.5 Å². The van der Waals surface area contributed by atoms with Crippen LogP contribution in [-0.2, 0) is 4.79 Å². The van der Waals surface area contributed by atoms with Gasteiger partial charge in [-0.15, -0.1) is 0 Å². The Labute approximate surface area is 168 Å². The summed E-state index contributed by atoms with van der Waals surface area (Å²) in [7, 11) is 0. The van der Waals surface area contributed by atoms with E-state index < -0.39 is 0 Å². The summed E-state index contributed by atoms with van der Waals surface area (Å²) in [6.07, 6.45) is 1.03. The number of rotatable bonds is 5. The van der Waals surface area contributed by atoms with Crippen LogP contribution >= 0.6 is 0 Å². The van der Waals surface area contributed by atoms with Crippen LogP contribution in [0.4, 0.5) is 5.69 Å². The lowest BCUT2D eigenvalue weighted by molar-refractivity contribution is -0.121. The normalized spacial score (nSPS) is 13.2. The van der Waals surface area contributed by atoms with Crippen molar-refractivity contribution in [3.8, 4) is 11.5 Å². The number of anilines is 1. The van der Waals surface area contributed by atoms with Gasteiger partial charge in [0, 0.05) is 18.5 Å². The van der Waals surface area contributed by atoms with Crippen molar-refractivity contribution < 1.29 is 14.3 Å². The first-order chi connectivity index (χ1) is 14.2. The summed E-state index contributed by atoms with van der Waals surface area (Å²) in [5, 5.41) is 6.98. The molecule has 0 radical (unpaired) electrons. The Morgan fingerprint density at radius 2 is 1.62 bits per heavy atom. The van der Waals surface area contributed by atoms with Crippen LogP contribution in [0.25, 0.3) is 0 Å². The fourth-order valence-corrected chi connectivity index (χ4v) is 2.99. The lowest BCUT2D eigenvalue weighted by Crippen LogP contribution is -2.25. The zero-order chi connectivity index (χ0) is 20.1. The summed E-state index contributed by atoms with van der Waals surface area (Å²) in [5.41, 5.74) is 5.33. The molecule has 29 heavy (non-hydrogen) atoms. The fourth-order valence-electron chi connectivity index (χ4n) is 2.99. The first-order valence-electron chi connectivity index (χ1n) is 9.28. The van der Waals surface area contributed by atoms with Gasteiger partial charge >= 0.3 is 0 Å². The minimum atomic E-state index is -0.258. The third kappa shape index (κ3) is 4.50. The minimum absolute atomic E-state index is 0.0750. The van der Waals surface area contributed by atoms with Gasteiger partial charge in [0.25, 0.3) is 5.91 Å². The van der Waals surface area contributed by atoms with Gasteiger partial charge < -0.3 is 10.1 Å². The Bertz CT molecular complexity index is 1060. The predicted octanol–water partition coefficient (Wildman–Crippen LogP) is 4.35. The second-order valence-corrected chi connectivity index (χ2v) is 6.54. The van der Waals surface area contributed by atoms with Gasteiger partial charge in [-0.2, -0.15) is 5.10 Å². The fraction of sp³-hybridized carbons (Fsp3) is 0.0870. The summed E-state index contributed by atoms with van der Waals surface area (Å²) in [5.74, 6) is 0.818. The van der Waals surface area contributed by atoms with Crippen LogP contribution in [0.5, 0.6) is 11.5 Å². The lowest BCUT2D eigenvalue weighted by atomic mass is 10.0. The van der Waals surface area contributed by atoms with Gasteiger partial charge in [-0.3, -0.25) is 9.59 Å². The zero-order valence-corrected chi connectivity index (χ0v) is 15.6. The van der Waals surface area contributed by atoms with Gasteiger partial charge in [-0.25, -0.2) is 5.43 Å². The Morgan fingerprint density at radius 1 is 0.897 bits per heavy atom. The topological polar surface area (TPSA) is 79.8 Å². The average Bonchev–Trinajstić information content (AvgIpc) is 2.76. The molecule has 3 aromatic carbocycles. The number of hydrogen-bond donors (Lipinski definition) is 2. The first kappa shape index (κ1) is 18.4. The summed E-state index contributed by atoms with van der Waals surface area (Å²) >= 11 is 0. The number of carbonyl (C=O) groups is 2. The first-order valence-corrected chi connectivity index (χ1v) is 9.28. The highest BCUT2D eigenvalue weighted by molar-refractivity contribution is 6.07. The number of amides is 2. The molecule has 144 valence electrons. The molecule has 0 spiro atoms. The third-order valence-electron chi connectivity index (χ3n) is 4.48. The molecule has 0 atom stereocenters. The molecule has 4 rings (SSSR count). The van der Waals surface area contributed by atoms with Crippen molar-refractivity contribution in [2.24, 2.45) is 5.10 Å². The molecule has 3 aromatic rings. The van der Waals surface area contributed by atoms with Crippen molar-refractivity contribution in [3.63, 3.8) is 0 Å². The number of nitrogens with zero attached hydrogens (tertiary/aromatic N) is 1. The minimum Gasteiger partial charge on any atom is -0.457 e. The number of hydrazone groups is 1. The van der Waals surface area contributed by atoms with Crippen molar-refractivity contribution in [1.29, 1.82) is 0 Å². The second-order valence-electron chi connectivity index (χ2n) is 6.54. The van der Waals surface area contributed by atoms with Crippen molar-refractivity contribution in [2.45, 2.75) is 12.8 Å². The number of hydrogen-bond acceptors (Lipinski definition) is 4. The summed E-state index contributed by atoms with van der Waals surface area (Å²) < 4.78 is 5.86. The molecule has 0 saturated carbocycles. The molecule has 1 aliphatic heterocycles.